The molecular weight excluding hydrogens is 202 g/mol. The number of nitrogens with zero attached hydrogens (tertiary/aromatic N) is 2. The average molecular weight is 225 g/mol. The molecule has 0 aliphatic heterocycles. The molecule has 92 valence electrons. The van der Waals surface area contributed by atoms with E-state index in [2.05, 4.69) is 37.3 Å². The van der Waals surface area contributed by atoms with Crippen LogP contribution >= 0.6 is 0 Å². The largest absolute Gasteiger partial charge is 0.380 e. The van der Waals surface area contributed by atoms with Gasteiger partial charge in [-0.3, -0.25) is 4.68 Å². The van der Waals surface area contributed by atoms with Crippen LogP contribution in [0.15, 0.2) is 12.3 Å². The van der Waals surface area contributed by atoms with Gasteiger partial charge in [-0.15, -0.1) is 0 Å². The predicted octanol–water partition coefficient (Wildman–Crippen LogP) is 1.98. The SMILES string of the molecule is CCCNC(c1ccnn1CC)C(C)OC. The summed E-state index contributed by atoms with van der Waals surface area (Å²) in [6.07, 6.45) is 3.11. The molecule has 1 heterocycles. The molecule has 0 bridgehead atoms. The molecule has 0 spiro atoms. The van der Waals surface area contributed by atoms with E-state index in [-0.39, 0.29) is 12.1 Å². The Hall–Kier alpha value is -0.870. The Balaban J connectivity index is 2.82. The second kappa shape index (κ2) is 6.66. The van der Waals surface area contributed by atoms with Crippen molar-refractivity contribution in [2.45, 2.75) is 45.9 Å². The van der Waals surface area contributed by atoms with E-state index >= 15 is 0 Å². The minimum Gasteiger partial charge on any atom is -0.380 e. The van der Waals surface area contributed by atoms with Crippen LogP contribution in [0.5, 0.6) is 0 Å². The third-order valence-electron chi connectivity index (χ3n) is 2.82. The molecule has 0 aliphatic carbocycles. The molecule has 1 rings (SSSR count). The fourth-order valence-electron chi connectivity index (χ4n) is 1.82. The van der Waals surface area contributed by atoms with Gasteiger partial charge in [-0.05, 0) is 32.9 Å². The first kappa shape index (κ1) is 13.2. The molecular formula is C12H23N3O. The van der Waals surface area contributed by atoms with Crippen LogP contribution < -0.4 is 5.32 Å². The maximum atomic E-state index is 5.43. The van der Waals surface area contributed by atoms with Gasteiger partial charge in [-0.2, -0.15) is 5.10 Å². The third-order valence-corrected chi connectivity index (χ3v) is 2.82. The Labute approximate surface area is 98.0 Å². The number of aromatic nitrogens is 2. The number of aryl methyl sites for hydroxylation is 1. The van der Waals surface area contributed by atoms with Crippen LogP contribution in [0.4, 0.5) is 0 Å². The van der Waals surface area contributed by atoms with E-state index in [0.717, 1.165) is 19.5 Å². The van der Waals surface area contributed by atoms with E-state index in [0.29, 0.717) is 0 Å². The van der Waals surface area contributed by atoms with E-state index < -0.39 is 0 Å². The molecule has 0 aromatic carbocycles. The van der Waals surface area contributed by atoms with E-state index in [1.165, 1.54) is 5.69 Å². The Morgan fingerprint density at radius 1 is 1.50 bits per heavy atom. The maximum Gasteiger partial charge on any atom is 0.0755 e. The molecule has 1 aromatic heterocycles. The molecule has 1 aromatic rings. The summed E-state index contributed by atoms with van der Waals surface area (Å²) in [5, 5.41) is 7.81. The Kier molecular flexibility index (Phi) is 5.49. The standard InChI is InChI=1S/C12H23N3O/c1-5-8-13-12(10(3)16-4)11-7-9-14-15(11)6-2/h7,9-10,12-13H,5-6,8H2,1-4H3. The van der Waals surface area contributed by atoms with Gasteiger partial charge in [-0.1, -0.05) is 6.92 Å². The summed E-state index contributed by atoms with van der Waals surface area (Å²) in [6, 6.07) is 2.28. The summed E-state index contributed by atoms with van der Waals surface area (Å²) < 4.78 is 7.45. The van der Waals surface area contributed by atoms with E-state index in [1.807, 2.05) is 10.9 Å². The molecule has 0 radical (unpaired) electrons. The van der Waals surface area contributed by atoms with Crippen LogP contribution in [-0.4, -0.2) is 29.5 Å². The number of hydrogen-bond donors (Lipinski definition) is 1. The van der Waals surface area contributed by atoms with Crippen LogP contribution in [0.3, 0.4) is 0 Å². The molecule has 0 fully saturated rings. The third kappa shape index (κ3) is 3.06. The fourth-order valence-corrected chi connectivity index (χ4v) is 1.82. The van der Waals surface area contributed by atoms with Crippen molar-refractivity contribution in [2.75, 3.05) is 13.7 Å². The quantitative estimate of drug-likeness (QED) is 0.771. The average Bonchev–Trinajstić information content (AvgIpc) is 2.77. The highest BCUT2D eigenvalue weighted by Gasteiger charge is 2.21. The van der Waals surface area contributed by atoms with Gasteiger partial charge in [0.2, 0.25) is 0 Å². The predicted molar refractivity (Wildman–Crippen MR) is 65.4 cm³/mol. The topological polar surface area (TPSA) is 39.1 Å². The van der Waals surface area contributed by atoms with E-state index in [1.54, 1.807) is 7.11 Å². The number of rotatable bonds is 7. The molecule has 0 saturated heterocycles. The fraction of sp³-hybridized carbons (Fsp3) is 0.750. The first-order chi connectivity index (χ1) is 7.74. The van der Waals surface area contributed by atoms with Gasteiger partial charge in [0.15, 0.2) is 0 Å². The number of methoxy groups -OCH3 is 1. The second-order valence-electron chi connectivity index (χ2n) is 3.94. The van der Waals surface area contributed by atoms with Crippen molar-refractivity contribution >= 4 is 0 Å². The van der Waals surface area contributed by atoms with Gasteiger partial charge in [-0.25, -0.2) is 0 Å². The minimum atomic E-state index is 0.147. The van der Waals surface area contributed by atoms with Gasteiger partial charge >= 0.3 is 0 Å². The Morgan fingerprint density at radius 2 is 2.25 bits per heavy atom. The minimum absolute atomic E-state index is 0.147. The Morgan fingerprint density at radius 3 is 2.81 bits per heavy atom. The molecule has 2 atom stereocenters. The lowest BCUT2D eigenvalue weighted by Crippen LogP contribution is -2.33. The summed E-state index contributed by atoms with van der Waals surface area (Å²) in [6.45, 7) is 8.24. The summed E-state index contributed by atoms with van der Waals surface area (Å²) in [5.74, 6) is 0. The molecule has 4 heteroatoms. The lowest BCUT2D eigenvalue weighted by atomic mass is 10.1. The highest BCUT2D eigenvalue weighted by Crippen LogP contribution is 2.18. The molecule has 16 heavy (non-hydrogen) atoms. The zero-order valence-corrected chi connectivity index (χ0v) is 10.7. The molecule has 4 nitrogen and oxygen atoms in total. The van der Waals surface area contributed by atoms with Crippen LogP contribution in [0, 0.1) is 0 Å². The van der Waals surface area contributed by atoms with Crippen molar-refractivity contribution in [3.05, 3.63) is 18.0 Å². The molecule has 0 saturated carbocycles. The van der Waals surface area contributed by atoms with Crippen LogP contribution in [0.1, 0.15) is 38.9 Å². The van der Waals surface area contributed by atoms with Crippen molar-refractivity contribution in [3.63, 3.8) is 0 Å². The summed E-state index contributed by atoms with van der Waals surface area (Å²) in [7, 11) is 1.75. The highest BCUT2D eigenvalue weighted by atomic mass is 16.5. The van der Waals surface area contributed by atoms with E-state index in [4.69, 9.17) is 4.74 Å². The van der Waals surface area contributed by atoms with Crippen LogP contribution in [0.2, 0.25) is 0 Å². The second-order valence-corrected chi connectivity index (χ2v) is 3.94. The van der Waals surface area contributed by atoms with Crippen molar-refractivity contribution in [1.29, 1.82) is 0 Å². The zero-order chi connectivity index (χ0) is 12.0. The molecule has 0 aliphatic rings. The Bertz CT molecular complexity index is 298. The maximum absolute atomic E-state index is 5.43. The monoisotopic (exact) mass is 225 g/mol. The molecule has 0 amide bonds. The first-order valence-corrected chi connectivity index (χ1v) is 6.02. The van der Waals surface area contributed by atoms with Gasteiger partial charge in [0.25, 0.3) is 0 Å². The van der Waals surface area contributed by atoms with Gasteiger partial charge in [0.05, 0.1) is 17.8 Å². The molecule has 2 unspecified atom stereocenters. The van der Waals surface area contributed by atoms with E-state index in [9.17, 15) is 0 Å². The van der Waals surface area contributed by atoms with Crippen LogP contribution in [-0.2, 0) is 11.3 Å². The van der Waals surface area contributed by atoms with Crippen LogP contribution in [0.25, 0.3) is 0 Å². The lowest BCUT2D eigenvalue weighted by Gasteiger charge is -2.24. The van der Waals surface area contributed by atoms with Crippen molar-refractivity contribution in [3.8, 4) is 0 Å². The number of nitrogens with one attached hydrogen (secondary N) is 1. The summed E-state index contributed by atoms with van der Waals surface area (Å²) >= 11 is 0. The van der Waals surface area contributed by atoms with Gasteiger partial charge in [0, 0.05) is 19.9 Å². The summed E-state index contributed by atoms with van der Waals surface area (Å²) in [4.78, 5) is 0. The number of ether oxygens (including phenoxy) is 1. The first-order valence-electron chi connectivity index (χ1n) is 6.02. The highest BCUT2D eigenvalue weighted by molar-refractivity contribution is 5.09. The van der Waals surface area contributed by atoms with Gasteiger partial charge < -0.3 is 10.1 Å². The normalized spacial score (nSPS) is 15.0. The van der Waals surface area contributed by atoms with Gasteiger partial charge in [0.1, 0.15) is 0 Å². The molecule has 1 N–H and O–H groups in total. The smallest absolute Gasteiger partial charge is 0.0755 e. The van der Waals surface area contributed by atoms with Crippen molar-refractivity contribution in [2.24, 2.45) is 0 Å². The summed E-state index contributed by atoms with van der Waals surface area (Å²) in [5.41, 5.74) is 1.20. The number of hydrogen-bond acceptors (Lipinski definition) is 3. The zero-order valence-electron chi connectivity index (χ0n) is 10.7. The van der Waals surface area contributed by atoms with Crippen molar-refractivity contribution < 1.29 is 4.74 Å². The van der Waals surface area contributed by atoms with Crippen molar-refractivity contribution in [1.82, 2.24) is 15.1 Å². The lowest BCUT2D eigenvalue weighted by molar-refractivity contribution is 0.0800.